The number of rotatable bonds is 3. The smallest absolute Gasteiger partial charge is 0.251 e. The predicted molar refractivity (Wildman–Crippen MR) is 79.9 cm³/mol. The third kappa shape index (κ3) is 2.23. The SMILES string of the molecule is CC1=C(C)C(C)(OS(=O)(=O)c2ccccc2)C(C)=C1C. The average molecular weight is 292 g/mol. The minimum atomic E-state index is -3.78. The van der Waals surface area contributed by atoms with Gasteiger partial charge in [-0.2, -0.15) is 8.42 Å². The summed E-state index contributed by atoms with van der Waals surface area (Å²) in [5.41, 5.74) is 3.23. The predicted octanol–water partition coefficient (Wildman–Crippen LogP) is 3.84. The fourth-order valence-electron chi connectivity index (χ4n) is 2.54. The molecule has 0 aliphatic heterocycles. The molecule has 1 aliphatic rings. The van der Waals surface area contributed by atoms with Crippen LogP contribution in [0.25, 0.3) is 0 Å². The molecule has 108 valence electrons. The van der Waals surface area contributed by atoms with Gasteiger partial charge >= 0.3 is 0 Å². The molecule has 0 radical (unpaired) electrons. The Bertz CT molecular complexity index is 670. The molecule has 0 amide bonds. The van der Waals surface area contributed by atoms with E-state index in [0.717, 1.165) is 22.3 Å². The lowest BCUT2D eigenvalue weighted by Gasteiger charge is -2.28. The van der Waals surface area contributed by atoms with Crippen molar-refractivity contribution in [2.45, 2.75) is 45.1 Å². The third-order valence-corrected chi connectivity index (χ3v) is 5.83. The van der Waals surface area contributed by atoms with Gasteiger partial charge in [0.2, 0.25) is 0 Å². The number of hydrogen-bond acceptors (Lipinski definition) is 3. The Labute approximate surface area is 121 Å². The first-order valence-electron chi connectivity index (χ1n) is 6.57. The van der Waals surface area contributed by atoms with Crippen LogP contribution in [0.3, 0.4) is 0 Å². The van der Waals surface area contributed by atoms with Crippen molar-refractivity contribution >= 4 is 10.1 Å². The van der Waals surface area contributed by atoms with Crippen molar-refractivity contribution < 1.29 is 12.6 Å². The lowest BCUT2D eigenvalue weighted by molar-refractivity contribution is 0.177. The second-order valence-corrected chi connectivity index (χ2v) is 6.93. The molecule has 2 rings (SSSR count). The van der Waals surface area contributed by atoms with Crippen molar-refractivity contribution in [1.82, 2.24) is 0 Å². The summed E-state index contributed by atoms with van der Waals surface area (Å²) in [7, 11) is -3.78. The van der Waals surface area contributed by atoms with Gasteiger partial charge in [-0.15, -0.1) is 0 Å². The molecule has 0 fully saturated rings. The molecular formula is C16H20O3S. The number of hydrogen-bond donors (Lipinski definition) is 0. The van der Waals surface area contributed by atoms with Crippen LogP contribution in [0, 0.1) is 0 Å². The molecule has 0 saturated heterocycles. The maximum atomic E-state index is 12.4. The van der Waals surface area contributed by atoms with Crippen molar-refractivity contribution in [1.29, 1.82) is 0 Å². The molecular weight excluding hydrogens is 272 g/mol. The molecule has 0 atom stereocenters. The molecule has 3 nitrogen and oxygen atoms in total. The molecule has 0 spiro atoms. The zero-order chi connectivity index (χ0) is 15.1. The summed E-state index contributed by atoms with van der Waals surface area (Å²) in [6.07, 6.45) is 0. The fraction of sp³-hybridized carbons (Fsp3) is 0.375. The van der Waals surface area contributed by atoms with Gasteiger partial charge in [0, 0.05) is 0 Å². The number of benzene rings is 1. The monoisotopic (exact) mass is 292 g/mol. The van der Waals surface area contributed by atoms with E-state index in [1.165, 1.54) is 0 Å². The molecule has 0 aromatic heterocycles. The van der Waals surface area contributed by atoms with E-state index < -0.39 is 15.7 Å². The first kappa shape index (κ1) is 15.0. The Kier molecular flexibility index (Phi) is 3.65. The quantitative estimate of drug-likeness (QED) is 0.795. The van der Waals surface area contributed by atoms with E-state index in [1.807, 2.05) is 34.6 Å². The number of allylic oxidation sites excluding steroid dienone is 2. The maximum Gasteiger partial charge on any atom is 0.298 e. The molecule has 4 heteroatoms. The minimum Gasteiger partial charge on any atom is -0.251 e. The summed E-state index contributed by atoms with van der Waals surface area (Å²) >= 11 is 0. The van der Waals surface area contributed by atoms with Gasteiger partial charge in [-0.1, -0.05) is 18.2 Å². The van der Waals surface area contributed by atoms with Gasteiger partial charge in [-0.25, -0.2) is 0 Å². The van der Waals surface area contributed by atoms with E-state index in [0.29, 0.717) is 0 Å². The van der Waals surface area contributed by atoms with Gasteiger partial charge in [0.15, 0.2) is 0 Å². The second-order valence-electron chi connectivity index (χ2n) is 5.38. The molecule has 1 aromatic rings. The van der Waals surface area contributed by atoms with E-state index in [4.69, 9.17) is 4.18 Å². The summed E-state index contributed by atoms with van der Waals surface area (Å²) in [6, 6.07) is 8.25. The molecule has 0 heterocycles. The van der Waals surface area contributed by atoms with Gasteiger partial charge in [-0.3, -0.25) is 4.18 Å². The molecule has 0 saturated carbocycles. The van der Waals surface area contributed by atoms with E-state index >= 15 is 0 Å². The van der Waals surface area contributed by atoms with Crippen molar-refractivity contribution in [2.75, 3.05) is 0 Å². The van der Waals surface area contributed by atoms with Gasteiger partial charge in [-0.05, 0) is 69.0 Å². The Morgan fingerprint density at radius 1 is 0.900 bits per heavy atom. The van der Waals surface area contributed by atoms with Crippen LogP contribution in [-0.2, 0) is 14.3 Å². The van der Waals surface area contributed by atoms with E-state index in [1.54, 1.807) is 30.3 Å². The normalized spacial score (nSPS) is 18.9. The van der Waals surface area contributed by atoms with Crippen LogP contribution < -0.4 is 0 Å². The lowest BCUT2D eigenvalue weighted by Crippen LogP contribution is -2.33. The van der Waals surface area contributed by atoms with Gasteiger partial charge in [0.05, 0.1) is 4.90 Å². The highest BCUT2D eigenvalue weighted by atomic mass is 32.2. The largest absolute Gasteiger partial charge is 0.298 e. The Balaban J connectivity index is 2.45. The zero-order valence-corrected chi connectivity index (χ0v) is 13.3. The molecule has 20 heavy (non-hydrogen) atoms. The summed E-state index contributed by atoms with van der Waals surface area (Å²) in [6.45, 7) is 9.67. The highest BCUT2D eigenvalue weighted by Gasteiger charge is 2.41. The van der Waals surface area contributed by atoms with Crippen molar-refractivity contribution in [3.63, 3.8) is 0 Å². The van der Waals surface area contributed by atoms with Crippen molar-refractivity contribution in [2.24, 2.45) is 0 Å². The Morgan fingerprint density at radius 2 is 1.35 bits per heavy atom. The Morgan fingerprint density at radius 3 is 1.80 bits per heavy atom. The van der Waals surface area contributed by atoms with Crippen molar-refractivity contribution in [3.05, 3.63) is 52.6 Å². The van der Waals surface area contributed by atoms with Crippen LogP contribution in [-0.4, -0.2) is 14.0 Å². The first-order chi connectivity index (χ1) is 9.20. The molecule has 1 aliphatic carbocycles. The van der Waals surface area contributed by atoms with Gasteiger partial charge in [0.1, 0.15) is 5.60 Å². The zero-order valence-electron chi connectivity index (χ0n) is 12.5. The van der Waals surface area contributed by atoms with Crippen LogP contribution in [0.5, 0.6) is 0 Å². The van der Waals surface area contributed by atoms with Crippen molar-refractivity contribution in [3.8, 4) is 0 Å². The topological polar surface area (TPSA) is 43.4 Å². The van der Waals surface area contributed by atoms with E-state index in [2.05, 4.69) is 0 Å². The van der Waals surface area contributed by atoms with Gasteiger partial charge < -0.3 is 0 Å². The van der Waals surface area contributed by atoms with E-state index in [9.17, 15) is 8.42 Å². The first-order valence-corrected chi connectivity index (χ1v) is 7.98. The van der Waals surface area contributed by atoms with E-state index in [-0.39, 0.29) is 4.90 Å². The van der Waals surface area contributed by atoms with Crippen LogP contribution in [0.2, 0.25) is 0 Å². The lowest BCUT2D eigenvalue weighted by atomic mass is 9.94. The summed E-state index contributed by atoms with van der Waals surface area (Å²) in [5.74, 6) is 0. The summed E-state index contributed by atoms with van der Waals surface area (Å²) in [5, 5.41) is 0. The van der Waals surface area contributed by atoms with Crippen LogP contribution in [0.4, 0.5) is 0 Å². The Hall–Kier alpha value is -1.39. The molecule has 0 N–H and O–H groups in total. The molecule has 1 aromatic carbocycles. The summed E-state index contributed by atoms with van der Waals surface area (Å²) < 4.78 is 30.5. The van der Waals surface area contributed by atoms with Crippen LogP contribution in [0.15, 0.2) is 57.5 Å². The fourth-order valence-corrected chi connectivity index (χ4v) is 3.81. The highest BCUT2D eigenvalue weighted by molar-refractivity contribution is 7.86. The average Bonchev–Trinajstić information content (AvgIpc) is 2.56. The molecule has 0 unspecified atom stereocenters. The highest BCUT2D eigenvalue weighted by Crippen LogP contribution is 2.43. The maximum absolute atomic E-state index is 12.4. The summed E-state index contributed by atoms with van der Waals surface area (Å²) in [4.78, 5) is 0.184. The van der Waals surface area contributed by atoms with Gasteiger partial charge in [0.25, 0.3) is 10.1 Å². The van der Waals surface area contributed by atoms with Crippen LogP contribution >= 0.6 is 0 Å². The van der Waals surface area contributed by atoms with Crippen LogP contribution in [0.1, 0.15) is 34.6 Å². The molecule has 0 bridgehead atoms. The standard InChI is InChI=1S/C16H20O3S/c1-11-12(2)14(4)16(5,13(11)3)19-20(17,18)15-9-7-6-8-10-15/h6-10H,1-5H3. The third-order valence-electron chi connectivity index (χ3n) is 4.43. The minimum absolute atomic E-state index is 0.184. The second kappa shape index (κ2) is 4.86.